The van der Waals surface area contributed by atoms with E-state index in [1.165, 1.54) is 0 Å². The predicted octanol–water partition coefficient (Wildman–Crippen LogP) is 5.35. The summed E-state index contributed by atoms with van der Waals surface area (Å²) in [5.74, 6) is 1.76. The van der Waals surface area contributed by atoms with Crippen LogP contribution in [0.2, 0.25) is 0 Å². The first-order chi connectivity index (χ1) is 19.0. The van der Waals surface area contributed by atoms with Gasteiger partial charge in [0.2, 0.25) is 5.96 Å². The van der Waals surface area contributed by atoms with Gasteiger partial charge in [0, 0.05) is 24.7 Å². The number of nitrogens with zero attached hydrogens (tertiary/aromatic N) is 3. The SMILES string of the molecule is COc1ccc(C#N)c(-c2cccc(C3(c4ccc5c(c4)CCO5)N=C(Nc4ccccc4)N(C)C3=O)c2)c1. The molecule has 0 spiro atoms. The fourth-order valence-corrected chi connectivity index (χ4v) is 5.24. The second-order valence-corrected chi connectivity index (χ2v) is 9.53. The highest BCUT2D eigenvalue weighted by Gasteiger charge is 2.50. The predicted molar refractivity (Wildman–Crippen MR) is 150 cm³/mol. The van der Waals surface area contributed by atoms with Crippen molar-refractivity contribution < 1.29 is 14.3 Å². The number of para-hydroxylation sites is 1. The van der Waals surface area contributed by atoms with Gasteiger partial charge in [-0.1, -0.05) is 42.5 Å². The van der Waals surface area contributed by atoms with Gasteiger partial charge in [0.25, 0.3) is 5.91 Å². The van der Waals surface area contributed by atoms with E-state index < -0.39 is 5.54 Å². The number of carbonyl (C=O) groups excluding carboxylic acids is 1. The summed E-state index contributed by atoms with van der Waals surface area (Å²) in [7, 11) is 3.33. The van der Waals surface area contributed by atoms with Crippen LogP contribution in [-0.2, 0) is 16.8 Å². The molecule has 0 saturated carbocycles. The number of nitriles is 1. The normalized spacial score (nSPS) is 17.7. The maximum Gasteiger partial charge on any atom is 0.266 e. The number of likely N-dealkylation sites (N-methyl/N-ethyl adjacent to an activating group) is 1. The maximum atomic E-state index is 14.3. The number of aliphatic imine (C=N–C) groups is 1. The molecule has 0 fully saturated rings. The number of ether oxygens (including phenoxy) is 2. The number of methoxy groups -OCH3 is 1. The maximum absolute atomic E-state index is 14.3. The number of rotatable bonds is 5. The van der Waals surface area contributed by atoms with Crippen molar-refractivity contribution in [1.82, 2.24) is 4.90 Å². The van der Waals surface area contributed by atoms with Gasteiger partial charge >= 0.3 is 0 Å². The fourth-order valence-electron chi connectivity index (χ4n) is 5.24. The lowest BCUT2D eigenvalue weighted by molar-refractivity contribution is -0.129. The fraction of sp³-hybridized carbons (Fsp3) is 0.156. The van der Waals surface area contributed by atoms with Gasteiger partial charge < -0.3 is 14.8 Å². The number of anilines is 1. The molecule has 192 valence electrons. The summed E-state index contributed by atoms with van der Waals surface area (Å²) in [4.78, 5) is 20.9. The number of carbonyl (C=O) groups is 1. The van der Waals surface area contributed by atoms with Gasteiger partial charge in [-0.2, -0.15) is 5.26 Å². The highest BCUT2D eigenvalue weighted by Crippen LogP contribution is 2.43. The van der Waals surface area contributed by atoms with Crippen LogP contribution in [0.3, 0.4) is 0 Å². The average Bonchev–Trinajstić information content (AvgIpc) is 3.56. The second-order valence-electron chi connectivity index (χ2n) is 9.53. The second kappa shape index (κ2) is 9.66. The van der Waals surface area contributed by atoms with Crippen LogP contribution in [-0.4, -0.2) is 37.5 Å². The quantitative estimate of drug-likeness (QED) is 0.388. The first-order valence-corrected chi connectivity index (χ1v) is 12.7. The van der Waals surface area contributed by atoms with Gasteiger partial charge in [0.15, 0.2) is 5.54 Å². The molecule has 1 N–H and O–H groups in total. The van der Waals surface area contributed by atoms with Crippen molar-refractivity contribution in [2.24, 2.45) is 4.99 Å². The van der Waals surface area contributed by atoms with Crippen LogP contribution in [0.1, 0.15) is 22.3 Å². The number of hydrogen-bond donors (Lipinski definition) is 1. The Hall–Kier alpha value is -5.09. The Kier molecular flexibility index (Phi) is 6.01. The molecule has 0 bridgehead atoms. The lowest BCUT2D eigenvalue weighted by Crippen LogP contribution is -2.41. The van der Waals surface area contributed by atoms with Crippen molar-refractivity contribution in [2.75, 3.05) is 26.1 Å². The van der Waals surface area contributed by atoms with E-state index in [1.54, 1.807) is 31.2 Å². The Balaban J connectivity index is 1.55. The van der Waals surface area contributed by atoms with E-state index in [-0.39, 0.29) is 5.91 Å². The van der Waals surface area contributed by atoms with Crippen molar-refractivity contribution in [3.63, 3.8) is 0 Å². The Morgan fingerprint density at radius 3 is 2.62 bits per heavy atom. The van der Waals surface area contributed by atoms with Crippen LogP contribution in [0.5, 0.6) is 11.5 Å². The number of benzene rings is 4. The molecule has 4 aromatic rings. The van der Waals surface area contributed by atoms with Gasteiger partial charge in [0.05, 0.1) is 25.3 Å². The molecular formula is C32H26N4O3. The molecule has 0 saturated heterocycles. The van der Waals surface area contributed by atoms with E-state index in [4.69, 9.17) is 14.5 Å². The monoisotopic (exact) mass is 514 g/mol. The Morgan fingerprint density at radius 2 is 1.82 bits per heavy atom. The zero-order valence-corrected chi connectivity index (χ0v) is 21.6. The Labute approximate surface area is 226 Å². The number of fused-ring (bicyclic) bond motifs is 1. The molecule has 2 heterocycles. The summed E-state index contributed by atoms with van der Waals surface area (Å²) < 4.78 is 11.2. The minimum atomic E-state index is -1.33. The molecule has 1 atom stereocenters. The molecule has 1 amide bonds. The Bertz CT molecular complexity index is 1660. The van der Waals surface area contributed by atoms with Crippen LogP contribution in [0.15, 0.2) is 96.0 Å². The van der Waals surface area contributed by atoms with Crippen molar-refractivity contribution in [1.29, 1.82) is 5.26 Å². The Morgan fingerprint density at radius 1 is 1.00 bits per heavy atom. The van der Waals surface area contributed by atoms with Gasteiger partial charge in [-0.3, -0.25) is 9.69 Å². The van der Waals surface area contributed by atoms with Crippen molar-refractivity contribution in [3.8, 4) is 28.7 Å². The van der Waals surface area contributed by atoms with E-state index in [9.17, 15) is 10.1 Å². The average molecular weight is 515 g/mol. The van der Waals surface area contributed by atoms with Gasteiger partial charge in [-0.05, 0) is 70.8 Å². The smallest absolute Gasteiger partial charge is 0.266 e. The first kappa shape index (κ1) is 24.3. The molecule has 7 nitrogen and oxygen atoms in total. The molecule has 1 unspecified atom stereocenters. The van der Waals surface area contributed by atoms with E-state index in [2.05, 4.69) is 11.4 Å². The molecule has 0 radical (unpaired) electrons. The van der Waals surface area contributed by atoms with Crippen LogP contribution in [0.4, 0.5) is 5.69 Å². The largest absolute Gasteiger partial charge is 0.497 e. The summed E-state index contributed by atoms with van der Waals surface area (Å²) in [5.41, 5.74) is 4.05. The van der Waals surface area contributed by atoms with E-state index in [1.807, 2.05) is 78.9 Å². The molecule has 2 aliphatic heterocycles. The van der Waals surface area contributed by atoms with Crippen molar-refractivity contribution >= 4 is 17.6 Å². The topological polar surface area (TPSA) is 86.9 Å². The minimum Gasteiger partial charge on any atom is -0.497 e. The van der Waals surface area contributed by atoms with Gasteiger partial charge in [0.1, 0.15) is 11.5 Å². The molecule has 2 aliphatic rings. The third-order valence-electron chi connectivity index (χ3n) is 7.28. The van der Waals surface area contributed by atoms with Gasteiger partial charge in [-0.15, -0.1) is 0 Å². The summed E-state index contributed by atoms with van der Waals surface area (Å²) in [5, 5.41) is 13.1. The molecule has 6 rings (SSSR count). The highest BCUT2D eigenvalue weighted by atomic mass is 16.5. The third kappa shape index (κ3) is 4.07. The lowest BCUT2D eigenvalue weighted by atomic mass is 9.80. The number of nitrogens with one attached hydrogen (secondary N) is 1. The number of guanidine groups is 1. The molecule has 39 heavy (non-hydrogen) atoms. The van der Waals surface area contributed by atoms with E-state index in [0.717, 1.165) is 40.1 Å². The lowest BCUT2D eigenvalue weighted by Gasteiger charge is -2.27. The molecule has 4 aromatic carbocycles. The van der Waals surface area contributed by atoms with Crippen LogP contribution >= 0.6 is 0 Å². The molecule has 0 aliphatic carbocycles. The molecular weight excluding hydrogens is 488 g/mol. The zero-order valence-electron chi connectivity index (χ0n) is 21.6. The summed E-state index contributed by atoms with van der Waals surface area (Å²) in [6, 6.07) is 30.8. The summed E-state index contributed by atoms with van der Waals surface area (Å²) in [6.07, 6.45) is 0.775. The van der Waals surface area contributed by atoms with Crippen LogP contribution < -0.4 is 14.8 Å². The first-order valence-electron chi connectivity index (χ1n) is 12.7. The molecule has 7 heteroatoms. The summed E-state index contributed by atoms with van der Waals surface area (Å²) >= 11 is 0. The number of amides is 1. The zero-order chi connectivity index (χ0) is 27.0. The molecule has 0 aromatic heterocycles. The van der Waals surface area contributed by atoms with Crippen LogP contribution in [0, 0.1) is 11.3 Å². The van der Waals surface area contributed by atoms with Gasteiger partial charge in [-0.25, -0.2) is 4.99 Å². The third-order valence-corrected chi connectivity index (χ3v) is 7.28. The van der Waals surface area contributed by atoms with E-state index in [0.29, 0.717) is 29.4 Å². The minimum absolute atomic E-state index is 0.178. The number of hydrogen-bond acceptors (Lipinski definition) is 6. The highest BCUT2D eigenvalue weighted by molar-refractivity contribution is 6.13. The summed E-state index contributed by atoms with van der Waals surface area (Å²) in [6.45, 7) is 0.617. The van der Waals surface area contributed by atoms with Crippen LogP contribution in [0.25, 0.3) is 11.1 Å². The van der Waals surface area contributed by atoms with Crippen molar-refractivity contribution in [2.45, 2.75) is 12.0 Å². The standard InChI is InChI=1S/C32H26N4O3/c1-36-30(37)32(25-12-14-29-22(18-25)15-16-39-29,35-31(36)34-26-9-4-3-5-10-26)24-8-6-7-21(17-24)28-19-27(38-2)13-11-23(28)20-33/h3-14,17-19H,15-16H2,1-2H3,(H,34,35). The van der Waals surface area contributed by atoms with Crippen molar-refractivity contribution in [3.05, 3.63) is 113 Å². The van der Waals surface area contributed by atoms with E-state index >= 15 is 0 Å².